The van der Waals surface area contributed by atoms with Gasteiger partial charge in [-0.1, -0.05) is 32.8 Å². The molecule has 0 saturated heterocycles. The number of halogens is 1. The van der Waals surface area contributed by atoms with Crippen LogP contribution in [0.2, 0.25) is 0 Å². The van der Waals surface area contributed by atoms with Gasteiger partial charge in [-0.2, -0.15) is 0 Å². The maximum absolute atomic E-state index is 13.3. The highest BCUT2D eigenvalue weighted by Crippen LogP contribution is 2.43. The molecule has 1 heterocycles. The normalized spacial score (nSPS) is 21.2. The Morgan fingerprint density at radius 2 is 2.00 bits per heavy atom. The van der Waals surface area contributed by atoms with Gasteiger partial charge in [0.15, 0.2) is 0 Å². The summed E-state index contributed by atoms with van der Waals surface area (Å²) in [4.78, 5) is 0. The van der Waals surface area contributed by atoms with Gasteiger partial charge in [0, 0.05) is 24.1 Å². The molecule has 0 saturated carbocycles. The maximum atomic E-state index is 13.3. The molecule has 0 unspecified atom stereocenters. The van der Waals surface area contributed by atoms with E-state index in [1.165, 1.54) is 12.1 Å². The van der Waals surface area contributed by atoms with E-state index in [0.29, 0.717) is 5.75 Å². The fraction of sp³-hybridized carbons (Fsp3) is 0.600. The van der Waals surface area contributed by atoms with Crippen LogP contribution in [0.15, 0.2) is 18.2 Å². The highest BCUT2D eigenvalue weighted by atomic mass is 19.1. The van der Waals surface area contributed by atoms with Gasteiger partial charge >= 0.3 is 0 Å². The minimum absolute atomic E-state index is 0.0487. The van der Waals surface area contributed by atoms with Crippen molar-refractivity contribution in [2.45, 2.75) is 57.6 Å². The molecular formula is C15H22FNO. The summed E-state index contributed by atoms with van der Waals surface area (Å²) in [6.45, 7) is 4.29. The number of benzene rings is 1. The van der Waals surface area contributed by atoms with Gasteiger partial charge in [-0.25, -0.2) is 4.39 Å². The van der Waals surface area contributed by atoms with Crippen molar-refractivity contribution < 1.29 is 9.13 Å². The minimum atomic E-state index is -0.259. The van der Waals surface area contributed by atoms with Gasteiger partial charge in [-0.3, -0.25) is 0 Å². The van der Waals surface area contributed by atoms with Crippen molar-refractivity contribution in [2.24, 2.45) is 5.73 Å². The smallest absolute Gasteiger partial charge is 0.127 e. The molecule has 0 spiro atoms. The van der Waals surface area contributed by atoms with E-state index in [9.17, 15) is 4.39 Å². The predicted molar refractivity (Wildman–Crippen MR) is 71.1 cm³/mol. The molecule has 0 bridgehead atoms. The molecule has 0 aliphatic carbocycles. The van der Waals surface area contributed by atoms with E-state index >= 15 is 0 Å². The van der Waals surface area contributed by atoms with Gasteiger partial charge in [-0.15, -0.1) is 0 Å². The first-order chi connectivity index (χ1) is 8.60. The molecule has 0 radical (unpaired) electrons. The third kappa shape index (κ3) is 2.51. The fourth-order valence-electron chi connectivity index (χ4n) is 3.03. The lowest BCUT2D eigenvalue weighted by Crippen LogP contribution is -2.42. The largest absolute Gasteiger partial charge is 0.487 e. The summed E-state index contributed by atoms with van der Waals surface area (Å²) in [5, 5.41) is 0. The highest BCUT2D eigenvalue weighted by Gasteiger charge is 2.38. The summed E-state index contributed by atoms with van der Waals surface area (Å²) >= 11 is 0. The minimum Gasteiger partial charge on any atom is -0.487 e. The van der Waals surface area contributed by atoms with Crippen LogP contribution >= 0.6 is 0 Å². The molecule has 1 aliphatic rings. The lowest BCUT2D eigenvalue weighted by atomic mass is 9.81. The molecule has 3 heteroatoms. The third-order valence-electron chi connectivity index (χ3n) is 3.70. The molecule has 0 aromatic heterocycles. The lowest BCUT2D eigenvalue weighted by molar-refractivity contribution is 0.0176. The van der Waals surface area contributed by atoms with E-state index in [0.717, 1.165) is 37.7 Å². The topological polar surface area (TPSA) is 35.2 Å². The van der Waals surface area contributed by atoms with Crippen LogP contribution in [0.4, 0.5) is 4.39 Å². The van der Waals surface area contributed by atoms with Crippen LogP contribution < -0.4 is 10.5 Å². The standard InChI is InChI=1S/C15H22FNO/c1-3-7-15(8-4-2)10-13(17)12-6-5-11(16)9-14(12)18-15/h5-6,9,13H,3-4,7-8,10,17H2,1-2H3/t13-/m0/s1. The summed E-state index contributed by atoms with van der Waals surface area (Å²) in [6.07, 6.45) is 4.89. The van der Waals surface area contributed by atoms with Crippen molar-refractivity contribution in [1.82, 2.24) is 0 Å². The van der Waals surface area contributed by atoms with Crippen LogP contribution in [-0.4, -0.2) is 5.60 Å². The van der Waals surface area contributed by atoms with Crippen molar-refractivity contribution in [3.05, 3.63) is 29.6 Å². The summed E-state index contributed by atoms with van der Waals surface area (Å²) in [6, 6.07) is 4.62. The SMILES string of the molecule is CCCC1(CCC)C[C@H](N)c2ccc(F)cc2O1. The average Bonchev–Trinajstić information content (AvgIpc) is 2.28. The molecular weight excluding hydrogens is 229 g/mol. The van der Waals surface area contributed by atoms with E-state index in [-0.39, 0.29) is 17.5 Å². The van der Waals surface area contributed by atoms with Crippen molar-refractivity contribution in [1.29, 1.82) is 0 Å². The molecule has 0 amide bonds. The number of fused-ring (bicyclic) bond motifs is 1. The molecule has 1 aromatic carbocycles. The molecule has 1 atom stereocenters. The second kappa shape index (κ2) is 5.27. The van der Waals surface area contributed by atoms with Gasteiger partial charge < -0.3 is 10.5 Å². The zero-order valence-electron chi connectivity index (χ0n) is 11.2. The zero-order chi connectivity index (χ0) is 13.2. The van der Waals surface area contributed by atoms with Crippen LogP contribution in [0.1, 0.15) is 57.6 Å². The Hall–Kier alpha value is -1.09. The summed E-state index contributed by atoms with van der Waals surface area (Å²) in [5.41, 5.74) is 6.96. The first-order valence-electron chi connectivity index (χ1n) is 6.84. The molecule has 1 aliphatic heterocycles. The van der Waals surface area contributed by atoms with Gasteiger partial charge in [-0.05, 0) is 18.9 Å². The highest BCUT2D eigenvalue weighted by molar-refractivity contribution is 5.39. The van der Waals surface area contributed by atoms with E-state index in [2.05, 4.69) is 13.8 Å². The summed E-state index contributed by atoms with van der Waals surface area (Å²) in [5.74, 6) is 0.375. The quantitative estimate of drug-likeness (QED) is 0.879. The number of nitrogens with two attached hydrogens (primary N) is 1. The van der Waals surface area contributed by atoms with Crippen molar-refractivity contribution >= 4 is 0 Å². The summed E-state index contributed by atoms with van der Waals surface area (Å²) in [7, 11) is 0. The number of rotatable bonds is 4. The van der Waals surface area contributed by atoms with Crippen molar-refractivity contribution in [3.8, 4) is 5.75 Å². The zero-order valence-corrected chi connectivity index (χ0v) is 11.2. The van der Waals surface area contributed by atoms with Gasteiger partial charge in [0.2, 0.25) is 0 Å². The van der Waals surface area contributed by atoms with Gasteiger partial charge in [0.05, 0.1) is 0 Å². The van der Waals surface area contributed by atoms with E-state index in [1.54, 1.807) is 6.07 Å². The van der Waals surface area contributed by atoms with Crippen LogP contribution in [0.25, 0.3) is 0 Å². The van der Waals surface area contributed by atoms with Crippen LogP contribution in [0.5, 0.6) is 5.75 Å². The number of hydrogen-bond donors (Lipinski definition) is 1. The number of ether oxygens (including phenoxy) is 1. The number of hydrogen-bond acceptors (Lipinski definition) is 2. The predicted octanol–water partition coefficient (Wildman–Crippen LogP) is 3.95. The average molecular weight is 251 g/mol. The first-order valence-corrected chi connectivity index (χ1v) is 6.84. The van der Waals surface area contributed by atoms with E-state index in [4.69, 9.17) is 10.5 Å². The fourth-order valence-corrected chi connectivity index (χ4v) is 3.03. The monoisotopic (exact) mass is 251 g/mol. The molecule has 2 N–H and O–H groups in total. The Bertz CT molecular complexity index is 413. The lowest BCUT2D eigenvalue weighted by Gasteiger charge is -2.41. The van der Waals surface area contributed by atoms with E-state index in [1.807, 2.05) is 0 Å². The second-order valence-corrected chi connectivity index (χ2v) is 5.28. The molecule has 0 fully saturated rings. The maximum Gasteiger partial charge on any atom is 0.127 e. The Morgan fingerprint density at radius 3 is 2.61 bits per heavy atom. The van der Waals surface area contributed by atoms with Crippen molar-refractivity contribution in [2.75, 3.05) is 0 Å². The molecule has 1 aromatic rings. The van der Waals surface area contributed by atoms with Crippen LogP contribution in [0.3, 0.4) is 0 Å². The Kier molecular flexibility index (Phi) is 3.91. The van der Waals surface area contributed by atoms with Crippen LogP contribution in [-0.2, 0) is 0 Å². The van der Waals surface area contributed by atoms with E-state index < -0.39 is 0 Å². The Labute approximate surface area is 108 Å². The molecule has 100 valence electrons. The third-order valence-corrected chi connectivity index (χ3v) is 3.70. The Balaban J connectivity index is 2.34. The van der Waals surface area contributed by atoms with Gasteiger partial charge in [0.25, 0.3) is 0 Å². The molecule has 2 nitrogen and oxygen atoms in total. The van der Waals surface area contributed by atoms with Crippen molar-refractivity contribution in [3.63, 3.8) is 0 Å². The first kappa shape index (κ1) is 13.3. The van der Waals surface area contributed by atoms with Gasteiger partial charge in [0.1, 0.15) is 17.2 Å². The Morgan fingerprint density at radius 1 is 1.33 bits per heavy atom. The second-order valence-electron chi connectivity index (χ2n) is 5.28. The van der Waals surface area contributed by atoms with Crippen LogP contribution in [0, 0.1) is 5.82 Å². The summed E-state index contributed by atoms with van der Waals surface area (Å²) < 4.78 is 19.5. The molecule has 18 heavy (non-hydrogen) atoms. The molecule has 2 rings (SSSR count).